The number of ether oxygens (including phenoxy) is 2. The van der Waals surface area contributed by atoms with Crippen molar-refractivity contribution in [1.82, 2.24) is 5.32 Å². The highest BCUT2D eigenvalue weighted by Crippen LogP contribution is 2.47. The maximum Gasteiger partial charge on any atom is 0.416 e. The molecule has 2 saturated heterocycles. The Balaban J connectivity index is 2.06. The average Bonchev–Trinajstić information content (AvgIpc) is 2.99. The van der Waals surface area contributed by atoms with E-state index in [0.717, 1.165) is 12.1 Å². The molecule has 1 aromatic carbocycles. The summed E-state index contributed by atoms with van der Waals surface area (Å²) in [5, 5.41) is 2.91. The summed E-state index contributed by atoms with van der Waals surface area (Å²) in [4.78, 5) is 24.1. The minimum absolute atomic E-state index is 0.0384. The lowest BCUT2D eigenvalue weighted by Crippen LogP contribution is -2.49. The molecule has 2 aliphatic heterocycles. The number of alkyl halides is 3. The molecule has 24 heavy (non-hydrogen) atoms. The van der Waals surface area contributed by atoms with Crippen molar-refractivity contribution < 1.29 is 32.2 Å². The number of hydrogen-bond acceptors (Lipinski definition) is 5. The highest BCUT2D eigenvalue weighted by Gasteiger charge is 2.62. The van der Waals surface area contributed by atoms with Crippen LogP contribution in [0.4, 0.5) is 13.2 Å². The van der Waals surface area contributed by atoms with Crippen molar-refractivity contribution in [1.29, 1.82) is 0 Å². The summed E-state index contributed by atoms with van der Waals surface area (Å²) < 4.78 is 48.8. The van der Waals surface area contributed by atoms with Crippen LogP contribution in [0.25, 0.3) is 0 Å². The van der Waals surface area contributed by atoms with Gasteiger partial charge in [-0.1, -0.05) is 18.2 Å². The van der Waals surface area contributed by atoms with Gasteiger partial charge in [0.25, 0.3) is 0 Å². The van der Waals surface area contributed by atoms with E-state index in [2.05, 4.69) is 5.32 Å². The molecule has 0 bridgehead atoms. The summed E-state index contributed by atoms with van der Waals surface area (Å²) in [6.07, 6.45) is -4.49. The number of methoxy groups -OCH3 is 1. The molecule has 2 fully saturated rings. The number of carbonyl (C=O) groups is 2. The van der Waals surface area contributed by atoms with Crippen LogP contribution < -0.4 is 5.32 Å². The van der Waals surface area contributed by atoms with Gasteiger partial charge in [0.2, 0.25) is 0 Å². The molecule has 2 heterocycles. The van der Waals surface area contributed by atoms with Crippen molar-refractivity contribution in [2.75, 3.05) is 13.7 Å². The standard InChI is InChI=1S/C16H16F3NO4/c1-15-10(7-24-14(15)22)11(12(20-15)13(21)23-2)8-4-3-5-9(6-8)16(17,18)19/h3-6,10-12,20H,7H2,1-2H3/t10-,11-,12-,15+/m0/s1. The summed E-state index contributed by atoms with van der Waals surface area (Å²) in [6, 6.07) is 3.87. The van der Waals surface area contributed by atoms with Gasteiger partial charge in [0, 0.05) is 11.8 Å². The van der Waals surface area contributed by atoms with Gasteiger partial charge in [0.1, 0.15) is 11.6 Å². The number of cyclic esters (lactones) is 1. The van der Waals surface area contributed by atoms with Crippen LogP contribution in [0.2, 0.25) is 0 Å². The van der Waals surface area contributed by atoms with Crippen molar-refractivity contribution in [2.24, 2.45) is 5.92 Å². The number of benzene rings is 1. The van der Waals surface area contributed by atoms with Crippen LogP contribution in [0.1, 0.15) is 24.0 Å². The first-order valence-electron chi connectivity index (χ1n) is 7.38. The molecule has 1 aromatic rings. The van der Waals surface area contributed by atoms with E-state index in [1.165, 1.54) is 19.2 Å². The molecule has 0 unspecified atom stereocenters. The topological polar surface area (TPSA) is 64.6 Å². The number of nitrogens with one attached hydrogen (secondary N) is 1. The third kappa shape index (κ3) is 2.45. The van der Waals surface area contributed by atoms with Gasteiger partial charge in [-0.3, -0.25) is 14.9 Å². The average molecular weight is 343 g/mol. The molecule has 3 rings (SSSR count). The number of fused-ring (bicyclic) bond motifs is 1. The second-order valence-corrected chi connectivity index (χ2v) is 6.20. The number of halogens is 3. The Bertz CT molecular complexity index is 690. The number of rotatable bonds is 2. The van der Waals surface area contributed by atoms with Gasteiger partial charge in [-0.2, -0.15) is 13.2 Å². The van der Waals surface area contributed by atoms with Gasteiger partial charge in [-0.15, -0.1) is 0 Å². The molecular formula is C16H16F3NO4. The Morgan fingerprint density at radius 1 is 1.42 bits per heavy atom. The van der Waals surface area contributed by atoms with Gasteiger partial charge < -0.3 is 9.47 Å². The van der Waals surface area contributed by atoms with Gasteiger partial charge >= 0.3 is 18.1 Å². The molecule has 0 radical (unpaired) electrons. The van der Waals surface area contributed by atoms with Crippen LogP contribution >= 0.6 is 0 Å². The summed E-state index contributed by atoms with van der Waals surface area (Å²) in [5.41, 5.74) is -1.61. The fourth-order valence-electron chi connectivity index (χ4n) is 3.59. The van der Waals surface area contributed by atoms with Gasteiger partial charge in [-0.05, 0) is 18.6 Å². The Kier molecular flexibility index (Phi) is 3.82. The van der Waals surface area contributed by atoms with Crippen LogP contribution in [0.5, 0.6) is 0 Å². The van der Waals surface area contributed by atoms with Crippen molar-refractivity contribution in [2.45, 2.75) is 30.6 Å². The minimum atomic E-state index is -4.49. The SMILES string of the molecule is COC(=O)[C@H]1N[C@@]2(C)C(=O)OC[C@H]2[C@@H]1c1cccc(C(F)(F)F)c1. The monoisotopic (exact) mass is 343 g/mol. The Labute approximate surface area is 136 Å². The predicted molar refractivity (Wildman–Crippen MR) is 76.0 cm³/mol. The van der Waals surface area contributed by atoms with Crippen LogP contribution in [0, 0.1) is 5.92 Å². The zero-order valence-corrected chi connectivity index (χ0v) is 13.0. The summed E-state index contributed by atoms with van der Waals surface area (Å²) in [5.74, 6) is -2.26. The highest BCUT2D eigenvalue weighted by atomic mass is 19.4. The molecule has 0 aliphatic carbocycles. The van der Waals surface area contributed by atoms with E-state index in [0.29, 0.717) is 5.56 Å². The zero-order chi connectivity index (χ0) is 17.7. The molecule has 2 aliphatic rings. The van der Waals surface area contributed by atoms with Crippen molar-refractivity contribution in [3.63, 3.8) is 0 Å². The lowest BCUT2D eigenvalue weighted by Gasteiger charge is -2.22. The molecule has 1 N–H and O–H groups in total. The van der Waals surface area contributed by atoms with E-state index in [9.17, 15) is 22.8 Å². The third-order valence-corrected chi connectivity index (χ3v) is 4.86. The minimum Gasteiger partial charge on any atom is -0.468 e. The Hall–Kier alpha value is -2.09. The second kappa shape index (κ2) is 5.47. The van der Waals surface area contributed by atoms with Crippen LogP contribution in [-0.4, -0.2) is 37.2 Å². The fraction of sp³-hybridized carbons (Fsp3) is 0.500. The first kappa shape index (κ1) is 16.8. The largest absolute Gasteiger partial charge is 0.468 e. The summed E-state index contributed by atoms with van der Waals surface area (Å²) >= 11 is 0. The quantitative estimate of drug-likeness (QED) is 0.831. The van der Waals surface area contributed by atoms with Crippen molar-refractivity contribution in [3.8, 4) is 0 Å². The summed E-state index contributed by atoms with van der Waals surface area (Å²) in [6.45, 7) is 1.63. The molecule has 0 aromatic heterocycles. The molecule has 130 valence electrons. The van der Waals surface area contributed by atoms with Gasteiger partial charge in [0.15, 0.2) is 0 Å². The van der Waals surface area contributed by atoms with Crippen LogP contribution in [0.3, 0.4) is 0 Å². The molecular weight excluding hydrogens is 327 g/mol. The smallest absolute Gasteiger partial charge is 0.416 e. The normalized spacial score (nSPS) is 32.4. The molecule has 0 saturated carbocycles. The fourth-order valence-corrected chi connectivity index (χ4v) is 3.59. The molecule has 8 heteroatoms. The predicted octanol–water partition coefficient (Wildman–Crippen LogP) is 1.87. The van der Waals surface area contributed by atoms with Gasteiger partial charge in [-0.25, -0.2) is 0 Å². The van der Waals surface area contributed by atoms with Crippen molar-refractivity contribution >= 4 is 11.9 Å². The lowest BCUT2D eigenvalue weighted by atomic mass is 9.78. The lowest BCUT2D eigenvalue weighted by molar-refractivity contribution is -0.146. The first-order valence-corrected chi connectivity index (χ1v) is 7.38. The third-order valence-electron chi connectivity index (χ3n) is 4.86. The molecule has 5 nitrogen and oxygen atoms in total. The second-order valence-electron chi connectivity index (χ2n) is 6.20. The number of esters is 2. The maximum atomic E-state index is 13.0. The van der Waals surface area contributed by atoms with E-state index in [-0.39, 0.29) is 6.61 Å². The van der Waals surface area contributed by atoms with Crippen molar-refractivity contribution in [3.05, 3.63) is 35.4 Å². The Morgan fingerprint density at radius 3 is 2.75 bits per heavy atom. The summed E-state index contributed by atoms with van der Waals surface area (Å²) in [7, 11) is 1.20. The number of hydrogen-bond donors (Lipinski definition) is 1. The first-order chi connectivity index (χ1) is 11.2. The zero-order valence-electron chi connectivity index (χ0n) is 13.0. The van der Waals surface area contributed by atoms with E-state index in [1.807, 2.05) is 0 Å². The molecule has 4 atom stereocenters. The Morgan fingerprint density at radius 2 is 2.12 bits per heavy atom. The van der Waals surface area contributed by atoms with Crippen LogP contribution in [-0.2, 0) is 25.2 Å². The number of carbonyl (C=O) groups excluding carboxylic acids is 2. The molecule has 0 spiro atoms. The van der Waals surface area contributed by atoms with Crippen LogP contribution in [0.15, 0.2) is 24.3 Å². The van der Waals surface area contributed by atoms with E-state index in [4.69, 9.17) is 9.47 Å². The van der Waals surface area contributed by atoms with E-state index >= 15 is 0 Å². The van der Waals surface area contributed by atoms with Gasteiger partial charge in [0.05, 0.1) is 19.3 Å². The van der Waals surface area contributed by atoms with E-state index in [1.54, 1.807) is 6.92 Å². The maximum absolute atomic E-state index is 13.0. The van der Waals surface area contributed by atoms with E-state index < -0.39 is 47.1 Å². The highest BCUT2D eigenvalue weighted by molar-refractivity contribution is 5.87. The molecule has 0 amide bonds.